The number of rotatable bonds is 6. The lowest BCUT2D eigenvalue weighted by atomic mass is 10.0. The quantitative estimate of drug-likeness (QED) is 0.776. The summed E-state index contributed by atoms with van der Waals surface area (Å²) >= 11 is 0. The van der Waals surface area contributed by atoms with Crippen LogP contribution in [-0.4, -0.2) is 34.6 Å². The molecule has 1 fully saturated rings. The van der Waals surface area contributed by atoms with Gasteiger partial charge in [-0.15, -0.1) is 0 Å². The lowest BCUT2D eigenvalue weighted by molar-refractivity contribution is -0.134. The molecule has 1 aliphatic rings. The highest BCUT2D eigenvalue weighted by Crippen LogP contribution is 2.28. The predicted octanol–water partition coefficient (Wildman–Crippen LogP) is 2.57. The minimum atomic E-state index is -0.437. The lowest BCUT2D eigenvalue weighted by Crippen LogP contribution is -2.41. The summed E-state index contributed by atoms with van der Waals surface area (Å²) in [5.74, 6) is 0.965. The Morgan fingerprint density at radius 2 is 1.88 bits per heavy atom. The van der Waals surface area contributed by atoms with Crippen molar-refractivity contribution in [3.05, 3.63) is 0 Å². The van der Waals surface area contributed by atoms with Gasteiger partial charge < -0.3 is 10.0 Å². The van der Waals surface area contributed by atoms with Crippen LogP contribution in [0.5, 0.6) is 0 Å². The number of hydrogen-bond donors (Lipinski definition) is 1. The summed E-state index contributed by atoms with van der Waals surface area (Å²) < 4.78 is 0. The zero-order valence-corrected chi connectivity index (χ0v) is 11.5. The molecular formula is C14H27NO2. The Bertz CT molecular complexity index is 232. The van der Waals surface area contributed by atoms with E-state index in [4.69, 9.17) is 0 Å². The number of aliphatic hydroxyl groups is 1. The molecule has 0 aliphatic heterocycles. The van der Waals surface area contributed by atoms with Crippen molar-refractivity contribution in [2.24, 2.45) is 5.92 Å². The molecule has 1 aliphatic carbocycles. The highest BCUT2D eigenvalue weighted by molar-refractivity contribution is 5.76. The van der Waals surface area contributed by atoms with Gasteiger partial charge in [0.2, 0.25) is 5.91 Å². The summed E-state index contributed by atoms with van der Waals surface area (Å²) in [4.78, 5) is 13.9. The SMILES string of the molecule is CC(O)CN(C(=O)CCC1CCCC1)C(C)C. The molecule has 0 aromatic heterocycles. The maximum absolute atomic E-state index is 12.1. The van der Waals surface area contributed by atoms with Gasteiger partial charge in [-0.3, -0.25) is 4.79 Å². The molecule has 3 heteroatoms. The van der Waals surface area contributed by atoms with E-state index in [9.17, 15) is 9.90 Å². The number of carbonyl (C=O) groups excluding carboxylic acids is 1. The van der Waals surface area contributed by atoms with E-state index in [1.54, 1.807) is 11.8 Å². The van der Waals surface area contributed by atoms with E-state index in [-0.39, 0.29) is 11.9 Å². The monoisotopic (exact) mass is 241 g/mol. The molecule has 1 N–H and O–H groups in total. The highest BCUT2D eigenvalue weighted by atomic mass is 16.3. The summed E-state index contributed by atoms with van der Waals surface area (Å²) in [6.45, 7) is 6.21. The molecule has 1 atom stereocenters. The molecule has 100 valence electrons. The predicted molar refractivity (Wildman–Crippen MR) is 69.7 cm³/mol. The fourth-order valence-corrected chi connectivity index (χ4v) is 2.66. The van der Waals surface area contributed by atoms with Crippen LogP contribution in [0.2, 0.25) is 0 Å². The number of nitrogens with zero attached hydrogens (tertiary/aromatic N) is 1. The normalized spacial score (nSPS) is 18.6. The van der Waals surface area contributed by atoms with Crippen LogP contribution in [0, 0.1) is 5.92 Å². The van der Waals surface area contributed by atoms with E-state index in [2.05, 4.69) is 0 Å². The van der Waals surface area contributed by atoms with Gasteiger partial charge in [0, 0.05) is 19.0 Å². The van der Waals surface area contributed by atoms with Gasteiger partial charge in [-0.2, -0.15) is 0 Å². The first-order chi connectivity index (χ1) is 8.00. The molecule has 3 nitrogen and oxygen atoms in total. The standard InChI is InChI=1S/C14H27NO2/c1-11(2)15(10-12(3)16)14(17)9-8-13-6-4-5-7-13/h11-13,16H,4-10H2,1-3H3. The Balaban J connectivity index is 2.35. The fourth-order valence-electron chi connectivity index (χ4n) is 2.66. The first-order valence-corrected chi connectivity index (χ1v) is 6.98. The summed E-state index contributed by atoms with van der Waals surface area (Å²) in [6.07, 6.45) is 6.50. The third kappa shape index (κ3) is 5.07. The van der Waals surface area contributed by atoms with E-state index in [0.29, 0.717) is 13.0 Å². The van der Waals surface area contributed by atoms with Crippen LogP contribution in [0.3, 0.4) is 0 Å². The summed E-state index contributed by atoms with van der Waals surface area (Å²) in [5, 5.41) is 9.41. The van der Waals surface area contributed by atoms with Crippen molar-refractivity contribution in [2.75, 3.05) is 6.54 Å². The molecule has 1 amide bonds. The van der Waals surface area contributed by atoms with Crippen LogP contribution in [0.1, 0.15) is 59.3 Å². The van der Waals surface area contributed by atoms with Crippen molar-refractivity contribution < 1.29 is 9.90 Å². The van der Waals surface area contributed by atoms with Crippen LogP contribution in [0.15, 0.2) is 0 Å². The van der Waals surface area contributed by atoms with Crippen molar-refractivity contribution in [3.8, 4) is 0 Å². The van der Waals surface area contributed by atoms with Crippen LogP contribution in [0.25, 0.3) is 0 Å². The topological polar surface area (TPSA) is 40.5 Å². The molecule has 0 radical (unpaired) electrons. The smallest absolute Gasteiger partial charge is 0.222 e. The Hall–Kier alpha value is -0.570. The van der Waals surface area contributed by atoms with Crippen molar-refractivity contribution in [3.63, 3.8) is 0 Å². The Morgan fingerprint density at radius 1 is 1.29 bits per heavy atom. The number of amides is 1. The molecule has 1 unspecified atom stereocenters. The maximum Gasteiger partial charge on any atom is 0.222 e. The van der Waals surface area contributed by atoms with Crippen molar-refractivity contribution in [1.82, 2.24) is 4.90 Å². The van der Waals surface area contributed by atoms with E-state index in [1.807, 2.05) is 13.8 Å². The average molecular weight is 241 g/mol. The molecule has 17 heavy (non-hydrogen) atoms. The minimum Gasteiger partial charge on any atom is -0.392 e. The van der Waals surface area contributed by atoms with Crippen molar-refractivity contribution >= 4 is 5.91 Å². The van der Waals surface area contributed by atoms with Gasteiger partial charge in [-0.1, -0.05) is 25.7 Å². The second kappa shape index (κ2) is 7.00. The average Bonchev–Trinajstić information content (AvgIpc) is 2.74. The third-order valence-corrected chi connectivity index (χ3v) is 3.65. The Kier molecular flexibility index (Phi) is 5.96. The van der Waals surface area contributed by atoms with Gasteiger partial charge in [0.15, 0.2) is 0 Å². The molecule has 0 saturated heterocycles. The van der Waals surface area contributed by atoms with Crippen LogP contribution in [-0.2, 0) is 4.79 Å². The zero-order chi connectivity index (χ0) is 12.8. The Morgan fingerprint density at radius 3 is 2.35 bits per heavy atom. The summed E-state index contributed by atoms with van der Waals surface area (Å²) in [6, 6.07) is 0.181. The first kappa shape index (κ1) is 14.5. The van der Waals surface area contributed by atoms with Crippen molar-refractivity contribution in [2.45, 2.75) is 71.4 Å². The number of aliphatic hydroxyl groups excluding tert-OH is 1. The van der Waals surface area contributed by atoms with Gasteiger partial charge >= 0.3 is 0 Å². The number of carbonyl (C=O) groups is 1. The second-order valence-corrected chi connectivity index (χ2v) is 5.68. The van der Waals surface area contributed by atoms with Crippen LogP contribution < -0.4 is 0 Å². The molecule has 1 saturated carbocycles. The minimum absolute atomic E-state index is 0.181. The van der Waals surface area contributed by atoms with E-state index < -0.39 is 6.10 Å². The zero-order valence-electron chi connectivity index (χ0n) is 11.5. The van der Waals surface area contributed by atoms with Crippen LogP contribution >= 0.6 is 0 Å². The van der Waals surface area contributed by atoms with Crippen molar-refractivity contribution in [1.29, 1.82) is 0 Å². The molecule has 0 heterocycles. The van der Waals surface area contributed by atoms with Gasteiger partial charge in [0.25, 0.3) is 0 Å². The lowest BCUT2D eigenvalue weighted by Gasteiger charge is -2.28. The first-order valence-electron chi connectivity index (χ1n) is 6.98. The van der Waals surface area contributed by atoms with E-state index >= 15 is 0 Å². The van der Waals surface area contributed by atoms with Gasteiger partial charge in [-0.25, -0.2) is 0 Å². The summed E-state index contributed by atoms with van der Waals surface area (Å²) in [5.41, 5.74) is 0. The van der Waals surface area contributed by atoms with Gasteiger partial charge in [0.05, 0.1) is 6.10 Å². The fraction of sp³-hybridized carbons (Fsp3) is 0.929. The molecule has 1 rings (SSSR count). The second-order valence-electron chi connectivity index (χ2n) is 5.68. The highest BCUT2D eigenvalue weighted by Gasteiger charge is 2.21. The molecule has 0 bridgehead atoms. The third-order valence-electron chi connectivity index (χ3n) is 3.65. The molecule has 0 spiro atoms. The van der Waals surface area contributed by atoms with E-state index in [0.717, 1.165) is 12.3 Å². The summed E-state index contributed by atoms with van der Waals surface area (Å²) in [7, 11) is 0. The maximum atomic E-state index is 12.1. The molecular weight excluding hydrogens is 214 g/mol. The van der Waals surface area contributed by atoms with E-state index in [1.165, 1.54) is 25.7 Å². The molecule has 0 aromatic carbocycles. The van der Waals surface area contributed by atoms with Gasteiger partial charge in [-0.05, 0) is 33.1 Å². The van der Waals surface area contributed by atoms with Crippen LogP contribution in [0.4, 0.5) is 0 Å². The molecule has 0 aromatic rings. The largest absolute Gasteiger partial charge is 0.392 e. The van der Waals surface area contributed by atoms with Gasteiger partial charge in [0.1, 0.15) is 0 Å². The Labute approximate surface area is 105 Å². The number of hydrogen-bond acceptors (Lipinski definition) is 2.